The summed E-state index contributed by atoms with van der Waals surface area (Å²) in [7, 11) is 1.92. The highest BCUT2D eigenvalue weighted by Gasteiger charge is 2.23. The summed E-state index contributed by atoms with van der Waals surface area (Å²) < 4.78 is 25.8. The van der Waals surface area contributed by atoms with Crippen LogP contribution in [0.4, 0.5) is 20.5 Å². The summed E-state index contributed by atoms with van der Waals surface area (Å²) in [6.07, 6.45) is 3.60. The van der Waals surface area contributed by atoms with Crippen LogP contribution < -0.4 is 16.0 Å². The number of halogens is 2. The Kier molecular flexibility index (Phi) is 3.88. The Bertz CT molecular complexity index is 658. The van der Waals surface area contributed by atoms with E-state index in [1.165, 1.54) is 12.4 Å². The molecule has 0 radical (unpaired) electrons. The lowest BCUT2D eigenvalue weighted by Crippen LogP contribution is -2.30. The van der Waals surface area contributed by atoms with Crippen LogP contribution in [0.3, 0.4) is 0 Å². The number of nitrogen functional groups attached to an aromatic ring is 1. The van der Waals surface area contributed by atoms with Crippen LogP contribution in [0.15, 0.2) is 18.5 Å². The minimum atomic E-state index is -2.68. The largest absolute Gasteiger partial charge is 0.368 e. The Morgan fingerprint density at radius 3 is 2.86 bits per heavy atom. The molecule has 3 heterocycles. The Morgan fingerprint density at radius 1 is 1.41 bits per heavy atom. The van der Waals surface area contributed by atoms with Gasteiger partial charge in [0.1, 0.15) is 5.82 Å². The van der Waals surface area contributed by atoms with Gasteiger partial charge in [-0.05, 0) is 13.5 Å². The number of rotatable bonds is 4. The van der Waals surface area contributed by atoms with Crippen molar-refractivity contribution >= 4 is 11.8 Å². The first-order valence-electron chi connectivity index (χ1n) is 6.96. The monoisotopic (exact) mass is 309 g/mol. The smallest absolute Gasteiger partial charge is 0.333 e. The summed E-state index contributed by atoms with van der Waals surface area (Å²) in [6.45, 7) is -0.997. The van der Waals surface area contributed by atoms with Gasteiger partial charge in [0.15, 0.2) is 0 Å². The lowest BCUT2D eigenvalue weighted by molar-refractivity contribution is 0.0566. The number of hydrogen-bond donors (Lipinski definition) is 2. The van der Waals surface area contributed by atoms with Crippen molar-refractivity contribution in [2.45, 2.75) is 19.0 Å². The van der Waals surface area contributed by atoms with Gasteiger partial charge in [-0.2, -0.15) is 18.9 Å². The fraction of sp³-hybridized carbons (Fsp3) is 0.462. The molecule has 118 valence electrons. The molecule has 2 aromatic rings. The molecule has 0 bridgehead atoms. The third-order valence-corrected chi connectivity index (χ3v) is 3.75. The summed E-state index contributed by atoms with van der Waals surface area (Å²) in [5.41, 5.74) is 6.73. The number of alkyl halides is 2. The van der Waals surface area contributed by atoms with Gasteiger partial charge in [-0.3, -0.25) is 0 Å². The number of nitrogens with zero attached hydrogens (tertiary/aromatic N) is 5. The van der Waals surface area contributed by atoms with Gasteiger partial charge in [0.2, 0.25) is 5.95 Å². The first-order chi connectivity index (χ1) is 10.6. The van der Waals surface area contributed by atoms with E-state index in [4.69, 9.17) is 5.73 Å². The highest BCUT2D eigenvalue weighted by atomic mass is 19.3. The van der Waals surface area contributed by atoms with Crippen LogP contribution in [0.25, 0.3) is 11.3 Å². The molecule has 7 nitrogen and oxygen atoms in total. The van der Waals surface area contributed by atoms with Crippen LogP contribution in [-0.2, 0) is 0 Å². The summed E-state index contributed by atoms with van der Waals surface area (Å²) in [4.78, 5) is 10.5. The number of likely N-dealkylation sites (N-methyl/N-ethyl adjacent to an activating group) is 1. The molecule has 3 N–H and O–H groups in total. The number of aromatic nitrogens is 4. The Morgan fingerprint density at radius 2 is 2.23 bits per heavy atom. The Hall–Kier alpha value is -2.29. The molecule has 1 aliphatic rings. The minimum absolute atomic E-state index is 0.116. The zero-order chi connectivity index (χ0) is 15.7. The predicted octanol–water partition coefficient (Wildman–Crippen LogP) is 1.12. The fourth-order valence-corrected chi connectivity index (χ4v) is 2.54. The van der Waals surface area contributed by atoms with E-state index in [9.17, 15) is 8.78 Å². The zero-order valence-corrected chi connectivity index (χ0v) is 12.1. The van der Waals surface area contributed by atoms with Crippen LogP contribution in [0.1, 0.15) is 13.0 Å². The molecule has 9 heteroatoms. The van der Waals surface area contributed by atoms with Gasteiger partial charge < -0.3 is 16.0 Å². The average molecular weight is 309 g/mol. The number of nitrogens with one attached hydrogen (secondary N) is 1. The van der Waals surface area contributed by atoms with Gasteiger partial charge in [0, 0.05) is 37.0 Å². The zero-order valence-electron chi connectivity index (χ0n) is 12.1. The summed E-state index contributed by atoms with van der Waals surface area (Å²) in [6, 6.07) is 2.16. The minimum Gasteiger partial charge on any atom is -0.368 e. The van der Waals surface area contributed by atoms with Gasteiger partial charge in [-0.1, -0.05) is 0 Å². The molecule has 0 amide bonds. The topological polar surface area (TPSA) is 84.9 Å². The van der Waals surface area contributed by atoms with Crippen LogP contribution in [0.5, 0.6) is 0 Å². The molecule has 1 aliphatic heterocycles. The van der Waals surface area contributed by atoms with Gasteiger partial charge in [-0.25, -0.2) is 9.67 Å². The third kappa shape index (κ3) is 2.84. The number of hydrogen-bond acceptors (Lipinski definition) is 6. The first kappa shape index (κ1) is 14.6. The van der Waals surface area contributed by atoms with Crippen molar-refractivity contribution in [2.24, 2.45) is 0 Å². The van der Waals surface area contributed by atoms with E-state index in [0.717, 1.165) is 19.5 Å². The Balaban J connectivity index is 1.89. The second-order valence-corrected chi connectivity index (χ2v) is 5.18. The predicted molar refractivity (Wildman–Crippen MR) is 78.6 cm³/mol. The molecule has 0 spiro atoms. The normalized spacial score (nSPS) is 18.4. The molecular formula is C13H17F2N7. The summed E-state index contributed by atoms with van der Waals surface area (Å²) >= 11 is 0. The van der Waals surface area contributed by atoms with Crippen molar-refractivity contribution in [3.63, 3.8) is 0 Å². The molecule has 1 atom stereocenters. The highest BCUT2D eigenvalue weighted by Crippen LogP contribution is 2.25. The molecule has 1 saturated heterocycles. The van der Waals surface area contributed by atoms with E-state index in [0.29, 0.717) is 27.8 Å². The van der Waals surface area contributed by atoms with Crippen LogP contribution >= 0.6 is 0 Å². The molecule has 0 saturated carbocycles. The molecule has 0 aromatic carbocycles. The lowest BCUT2D eigenvalue weighted by atomic mass is 10.2. The highest BCUT2D eigenvalue weighted by molar-refractivity contribution is 5.63. The van der Waals surface area contributed by atoms with Crippen LogP contribution in [0, 0.1) is 0 Å². The molecule has 0 aliphatic carbocycles. The SMILES string of the molecule is CN[C@@H]1CCN(c2cc(-c3cnn(C(F)F)c3)nc(N)n2)C1. The molecular weight excluding hydrogens is 292 g/mol. The van der Waals surface area contributed by atoms with Crippen molar-refractivity contribution in [3.05, 3.63) is 18.5 Å². The standard InChI is InChI=1S/C13H17F2N7/c1-17-9-2-3-21(7-9)11-4-10(19-13(16)20-11)8-5-18-22(6-8)12(14)15/h4-6,9,12,17H,2-3,7H2,1H3,(H2,16,19,20)/t9-/m1/s1. The molecule has 3 rings (SSSR count). The summed E-state index contributed by atoms with van der Waals surface area (Å²) in [5, 5.41) is 6.84. The average Bonchev–Trinajstić information content (AvgIpc) is 3.16. The number of anilines is 2. The van der Waals surface area contributed by atoms with E-state index >= 15 is 0 Å². The van der Waals surface area contributed by atoms with Gasteiger partial charge in [-0.15, -0.1) is 0 Å². The lowest BCUT2D eigenvalue weighted by Gasteiger charge is -2.18. The van der Waals surface area contributed by atoms with Crippen molar-refractivity contribution in [2.75, 3.05) is 30.8 Å². The van der Waals surface area contributed by atoms with Crippen LogP contribution in [0.2, 0.25) is 0 Å². The molecule has 2 aromatic heterocycles. The quantitative estimate of drug-likeness (QED) is 0.880. The van der Waals surface area contributed by atoms with E-state index in [1.54, 1.807) is 6.07 Å². The van der Waals surface area contributed by atoms with Gasteiger partial charge >= 0.3 is 6.55 Å². The molecule has 22 heavy (non-hydrogen) atoms. The van der Waals surface area contributed by atoms with E-state index in [1.807, 2.05) is 7.05 Å². The molecule has 1 fully saturated rings. The van der Waals surface area contributed by atoms with Crippen molar-refractivity contribution in [3.8, 4) is 11.3 Å². The van der Waals surface area contributed by atoms with E-state index < -0.39 is 6.55 Å². The first-order valence-corrected chi connectivity index (χ1v) is 6.96. The molecule has 0 unspecified atom stereocenters. The Labute approximate surface area is 126 Å². The van der Waals surface area contributed by atoms with Gasteiger partial charge in [0.25, 0.3) is 0 Å². The van der Waals surface area contributed by atoms with Gasteiger partial charge in [0.05, 0.1) is 11.9 Å². The number of nitrogens with two attached hydrogens (primary N) is 1. The van der Waals surface area contributed by atoms with Crippen molar-refractivity contribution < 1.29 is 8.78 Å². The van der Waals surface area contributed by atoms with Crippen molar-refractivity contribution in [1.29, 1.82) is 0 Å². The third-order valence-electron chi connectivity index (χ3n) is 3.75. The summed E-state index contributed by atoms with van der Waals surface area (Å²) in [5.74, 6) is 0.815. The second-order valence-electron chi connectivity index (χ2n) is 5.18. The van der Waals surface area contributed by atoms with E-state index in [2.05, 4.69) is 25.3 Å². The fourth-order valence-electron chi connectivity index (χ4n) is 2.54. The van der Waals surface area contributed by atoms with Crippen molar-refractivity contribution in [1.82, 2.24) is 25.1 Å². The maximum absolute atomic E-state index is 12.6. The maximum Gasteiger partial charge on any atom is 0.333 e. The second kappa shape index (κ2) is 5.84. The van der Waals surface area contributed by atoms with E-state index in [-0.39, 0.29) is 5.95 Å². The maximum atomic E-state index is 12.6. The van der Waals surface area contributed by atoms with Crippen LogP contribution in [-0.4, -0.2) is 45.9 Å².